The van der Waals surface area contributed by atoms with Gasteiger partial charge in [0.15, 0.2) is 0 Å². The van der Waals surface area contributed by atoms with Crippen LogP contribution in [0.4, 0.5) is 0 Å². The number of carbonyl (C=O) groups is 1. The molecule has 1 saturated heterocycles. The zero-order valence-corrected chi connectivity index (χ0v) is 12.4. The van der Waals surface area contributed by atoms with E-state index in [1.165, 1.54) is 11.0 Å². The summed E-state index contributed by atoms with van der Waals surface area (Å²) in [4.78, 5) is 29.8. The summed E-state index contributed by atoms with van der Waals surface area (Å²) in [5.74, 6) is -0.0378. The standard InChI is InChI=1S/C15H18N4O2/c1-10-4-5-11(2)13(8-10)18-9-16-15(21)19(18)12-6-7-17(3)14(12)20/h4-5,8-9,12H,6-7H2,1-3H3/t12-/m0/s1. The Morgan fingerprint density at radius 2 is 2.00 bits per heavy atom. The van der Waals surface area contributed by atoms with E-state index in [1.807, 2.05) is 32.0 Å². The maximum atomic E-state index is 12.2. The average molecular weight is 286 g/mol. The van der Waals surface area contributed by atoms with E-state index in [0.717, 1.165) is 16.8 Å². The van der Waals surface area contributed by atoms with Gasteiger partial charge in [-0.2, -0.15) is 4.98 Å². The van der Waals surface area contributed by atoms with E-state index in [4.69, 9.17) is 0 Å². The first-order chi connectivity index (χ1) is 9.99. The summed E-state index contributed by atoms with van der Waals surface area (Å²) in [5.41, 5.74) is 2.63. The Hall–Kier alpha value is -2.37. The van der Waals surface area contributed by atoms with E-state index in [1.54, 1.807) is 16.6 Å². The van der Waals surface area contributed by atoms with Crippen LogP contribution in [0.5, 0.6) is 0 Å². The number of benzene rings is 1. The summed E-state index contributed by atoms with van der Waals surface area (Å²) in [7, 11) is 1.76. The molecular formula is C15H18N4O2. The molecule has 6 heteroatoms. The van der Waals surface area contributed by atoms with Gasteiger partial charge in [-0.25, -0.2) is 14.2 Å². The minimum absolute atomic E-state index is 0.0378. The van der Waals surface area contributed by atoms with Crippen molar-refractivity contribution in [2.45, 2.75) is 26.3 Å². The van der Waals surface area contributed by atoms with E-state index in [0.29, 0.717) is 13.0 Å². The van der Waals surface area contributed by atoms with Gasteiger partial charge >= 0.3 is 5.69 Å². The second-order valence-electron chi connectivity index (χ2n) is 5.57. The second-order valence-corrected chi connectivity index (χ2v) is 5.57. The van der Waals surface area contributed by atoms with Crippen molar-refractivity contribution in [3.63, 3.8) is 0 Å². The molecule has 0 unspecified atom stereocenters. The molecule has 2 aromatic rings. The maximum absolute atomic E-state index is 12.2. The average Bonchev–Trinajstić information content (AvgIpc) is 2.97. The summed E-state index contributed by atoms with van der Waals surface area (Å²) in [5, 5.41) is 0. The largest absolute Gasteiger partial charge is 0.364 e. The van der Waals surface area contributed by atoms with Crippen molar-refractivity contribution in [2.24, 2.45) is 0 Å². The third-order valence-electron chi connectivity index (χ3n) is 4.01. The number of hydrogen-bond acceptors (Lipinski definition) is 3. The van der Waals surface area contributed by atoms with Crippen LogP contribution in [0.2, 0.25) is 0 Å². The highest BCUT2D eigenvalue weighted by molar-refractivity contribution is 5.82. The molecule has 1 aliphatic heterocycles. The van der Waals surface area contributed by atoms with Gasteiger partial charge in [-0.05, 0) is 37.5 Å². The van der Waals surface area contributed by atoms with Crippen molar-refractivity contribution in [1.82, 2.24) is 19.2 Å². The molecule has 0 aliphatic carbocycles. The molecule has 0 bridgehead atoms. The number of nitrogens with zero attached hydrogens (tertiary/aromatic N) is 4. The lowest BCUT2D eigenvalue weighted by Crippen LogP contribution is -2.33. The molecule has 1 fully saturated rings. The fraction of sp³-hybridized carbons (Fsp3) is 0.400. The number of aromatic nitrogens is 3. The maximum Gasteiger partial charge on any atom is 0.364 e. The molecule has 6 nitrogen and oxygen atoms in total. The second kappa shape index (κ2) is 4.87. The molecule has 0 spiro atoms. The number of hydrogen-bond donors (Lipinski definition) is 0. The van der Waals surface area contributed by atoms with Gasteiger partial charge in [0.25, 0.3) is 0 Å². The molecule has 0 saturated carbocycles. The quantitative estimate of drug-likeness (QED) is 0.829. The summed E-state index contributed by atoms with van der Waals surface area (Å²) in [6, 6.07) is 5.55. The molecule has 2 heterocycles. The van der Waals surface area contributed by atoms with Gasteiger partial charge in [-0.1, -0.05) is 12.1 Å². The lowest BCUT2D eigenvalue weighted by atomic mass is 10.1. The summed E-state index contributed by atoms with van der Waals surface area (Å²) in [6.07, 6.45) is 2.13. The van der Waals surface area contributed by atoms with Crippen molar-refractivity contribution in [3.8, 4) is 5.69 Å². The zero-order valence-electron chi connectivity index (χ0n) is 12.4. The third kappa shape index (κ3) is 2.16. The highest BCUT2D eigenvalue weighted by atomic mass is 16.2. The monoisotopic (exact) mass is 286 g/mol. The van der Waals surface area contributed by atoms with Crippen LogP contribution in [0.25, 0.3) is 5.69 Å². The SMILES string of the molecule is Cc1ccc(C)c(-n2cnc(=O)n2[C@H]2CCN(C)C2=O)c1. The molecule has 21 heavy (non-hydrogen) atoms. The summed E-state index contributed by atoms with van der Waals surface area (Å²) < 4.78 is 3.17. The minimum Gasteiger partial charge on any atom is -0.344 e. The molecular weight excluding hydrogens is 268 g/mol. The van der Waals surface area contributed by atoms with E-state index in [9.17, 15) is 9.59 Å². The van der Waals surface area contributed by atoms with Crippen molar-refractivity contribution >= 4 is 5.91 Å². The van der Waals surface area contributed by atoms with Gasteiger partial charge in [-0.15, -0.1) is 0 Å². The summed E-state index contributed by atoms with van der Waals surface area (Å²) >= 11 is 0. The van der Waals surface area contributed by atoms with Crippen molar-refractivity contribution in [2.75, 3.05) is 13.6 Å². The van der Waals surface area contributed by atoms with Crippen molar-refractivity contribution in [3.05, 3.63) is 46.1 Å². The highest BCUT2D eigenvalue weighted by Crippen LogP contribution is 2.23. The first-order valence-electron chi connectivity index (χ1n) is 6.98. The van der Waals surface area contributed by atoms with Gasteiger partial charge in [0.2, 0.25) is 5.91 Å². The minimum atomic E-state index is -0.468. The Kier molecular flexibility index (Phi) is 3.16. The Labute approximate surface area is 122 Å². The number of aryl methyl sites for hydroxylation is 2. The Bertz CT molecular complexity index is 759. The van der Waals surface area contributed by atoms with Crippen LogP contribution >= 0.6 is 0 Å². The van der Waals surface area contributed by atoms with E-state index < -0.39 is 6.04 Å². The van der Waals surface area contributed by atoms with E-state index in [-0.39, 0.29) is 11.6 Å². The van der Waals surface area contributed by atoms with Crippen LogP contribution < -0.4 is 5.69 Å². The van der Waals surface area contributed by atoms with E-state index >= 15 is 0 Å². The molecule has 1 aromatic heterocycles. The number of likely N-dealkylation sites (N-methyl/N-ethyl adjacent to an activating group) is 1. The van der Waals surface area contributed by atoms with Crippen molar-refractivity contribution in [1.29, 1.82) is 0 Å². The third-order valence-corrected chi connectivity index (χ3v) is 4.01. The Morgan fingerprint density at radius 3 is 2.67 bits per heavy atom. The van der Waals surface area contributed by atoms with Crippen LogP contribution in [0.1, 0.15) is 23.6 Å². The predicted octanol–water partition coefficient (Wildman–Crippen LogP) is 1.05. The van der Waals surface area contributed by atoms with Crippen LogP contribution in [0, 0.1) is 13.8 Å². The van der Waals surface area contributed by atoms with Gasteiger partial charge in [-0.3, -0.25) is 4.79 Å². The Balaban J connectivity index is 2.16. The van der Waals surface area contributed by atoms with Gasteiger partial charge in [0.1, 0.15) is 12.4 Å². The fourth-order valence-corrected chi connectivity index (χ4v) is 2.77. The number of carbonyl (C=O) groups excluding carboxylic acids is 1. The number of rotatable bonds is 2. The number of amides is 1. The number of likely N-dealkylation sites (tertiary alicyclic amines) is 1. The van der Waals surface area contributed by atoms with Crippen molar-refractivity contribution < 1.29 is 4.79 Å². The molecule has 1 aromatic carbocycles. The fourth-order valence-electron chi connectivity index (χ4n) is 2.77. The lowest BCUT2D eigenvalue weighted by Gasteiger charge is -2.17. The Morgan fingerprint density at radius 1 is 1.24 bits per heavy atom. The lowest BCUT2D eigenvalue weighted by molar-refractivity contribution is -0.129. The van der Waals surface area contributed by atoms with Gasteiger partial charge < -0.3 is 4.90 Å². The normalized spacial score (nSPS) is 18.5. The first-order valence-corrected chi connectivity index (χ1v) is 6.98. The summed E-state index contributed by atoms with van der Waals surface area (Å²) in [6.45, 7) is 4.64. The topological polar surface area (TPSA) is 60.1 Å². The van der Waals surface area contributed by atoms with Gasteiger partial charge in [0.05, 0.1) is 5.69 Å². The molecule has 0 N–H and O–H groups in total. The van der Waals surface area contributed by atoms with Crippen LogP contribution in [-0.4, -0.2) is 38.7 Å². The smallest absolute Gasteiger partial charge is 0.344 e. The molecule has 0 radical (unpaired) electrons. The van der Waals surface area contributed by atoms with Crippen LogP contribution in [0.3, 0.4) is 0 Å². The molecule has 1 aliphatic rings. The first kappa shape index (κ1) is 13.6. The zero-order chi connectivity index (χ0) is 15.1. The highest BCUT2D eigenvalue weighted by Gasteiger charge is 2.33. The van der Waals surface area contributed by atoms with E-state index in [2.05, 4.69) is 4.98 Å². The molecule has 1 atom stereocenters. The van der Waals surface area contributed by atoms with Crippen LogP contribution in [0.15, 0.2) is 29.3 Å². The van der Waals surface area contributed by atoms with Gasteiger partial charge in [0, 0.05) is 13.6 Å². The molecule has 1 amide bonds. The molecule has 3 rings (SSSR count). The van der Waals surface area contributed by atoms with Crippen LogP contribution in [-0.2, 0) is 4.79 Å². The predicted molar refractivity (Wildman–Crippen MR) is 78.6 cm³/mol. The molecule has 110 valence electrons.